The molecule has 1 aromatic rings. The summed E-state index contributed by atoms with van der Waals surface area (Å²) in [6, 6.07) is 6.14. The van der Waals surface area contributed by atoms with Gasteiger partial charge in [0, 0.05) is 18.1 Å². The standard InChI is InChI=1S/C18H27NO5/c1-17(2,18(3,4)19)12-24-16(21)14-8-6-13(7-9-14)15(20)23-11-10-22-5/h6-9H,10-12,19H2,1-5H3. The normalized spacial score (nSPS) is 11.9. The third kappa shape index (κ3) is 5.62. The molecular formula is C18H27NO5. The number of methoxy groups -OCH3 is 1. The predicted molar refractivity (Wildman–Crippen MR) is 90.9 cm³/mol. The molecule has 0 atom stereocenters. The second-order valence-corrected chi connectivity index (χ2v) is 6.89. The summed E-state index contributed by atoms with van der Waals surface area (Å²) in [5.74, 6) is -0.912. The van der Waals surface area contributed by atoms with E-state index < -0.39 is 17.5 Å². The molecule has 1 aromatic carbocycles. The van der Waals surface area contributed by atoms with Crippen molar-refractivity contribution in [1.82, 2.24) is 0 Å². The number of rotatable bonds is 8. The maximum absolute atomic E-state index is 12.1. The highest BCUT2D eigenvalue weighted by Gasteiger charge is 2.34. The fourth-order valence-corrected chi connectivity index (χ4v) is 1.56. The maximum atomic E-state index is 12.1. The monoisotopic (exact) mass is 337 g/mol. The Morgan fingerprint density at radius 3 is 1.79 bits per heavy atom. The second-order valence-electron chi connectivity index (χ2n) is 6.89. The first kappa shape index (κ1) is 20.1. The average molecular weight is 337 g/mol. The largest absolute Gasteiger partial charge is 0.461 e. The van der Waals surface area contributed by atoms with E-state index in [1.54, 1.807) is 0 Å². The molecular weight excluding hydrogens is 310 g/mol. The van der Waals surface area contributed by atoms with E-state index in [0.717, 1.165) is 0 Å². The number of hydrogen-bond acceptors (Lipinski definition) is 6. The molecule has 0 amide bonds. The molecule has 0 aromatic heterocycles. The van der Waals surface area contributed by atoms with Crippen LogP contribution < -0.4 is 5.73 Å². The first-order valence-electron chi connectivity index (χ1n) is 7.80. The van der Waals surface area contributed by atoms with Gasteiger partial charge in [-0.3, -0.25) is 0 Å². The molecule has 0 radical (unpaired) electrons. The number of nitrogens with two attached hydrogens (primary N) is 1. The molecule has 0 heterocycles. The number of benzene rings is 1. The van der Waals surface area contributed by atoms with Gasteiger partial charge in [-0.2, -0.15) is 0 Å². The summed E-state index contributed by atoms with van der Waals surface area (Å²) in [5, 5.41) is 0. The van der Waals surface area contributed by atoms with Crippen LogP contribution in [0.1, 0.15) is 48.4 Å². The summed E-state index contributed by atoms with van der Waals surface area (Å²) in [4.78, 5) is 23.9. The minimum atomic E-state index is -0.483. The third-order valence-corrected chi connectivity index (χ3v) is 4.19. The lowest BCUT2D eigenvalue weighted by Crippen LogP contribution is -2.50. The van der Waals surface area contributed by atoms with E-state index in [-0.39, 0.29) is 18.6 Å². The highest BCUT2D eigenvalue weighted by Crippen LogP contribution is 2.28. The first-order valence-corrected chi connectivity index (χ1v) is 7.80. The molecule has 0 aliphatic carbocycles. The molecule has 1 rings (SSSR count). The minimum absolute atomic E-state index is 0.184. The molecule has 24 heavy (non-hydrogen) atoms. The molecule has 0 saturated heterocycles. The van der Waals surface area contributed by atoms with Gasteiger partial charge in [-0.05, 0) is 38.1 Å². The summed E-state index contributed by atoms with van der Waals surface area (Å²) >= 11 is 0. The van der Waals surface area contributed by atoms with Crippen molar-refractivity contribution in [3.8, 4) is 0 Å². The molecule has 2 N–H and O–H groups in total. The maximum Gasteiger partial charge on any atom is 0.338 e. The Balaban J connectivity index is 2.62. The zero-order valence-electron chi connectivity index (χ0n) is 15.0. The second kappa shape index (κ2) is 8.26. The summed E-state index contributed by atoms with van der Waals surface area (Å²) < 4.78 is 15.2. The van der Waals surface area contributed by atoms with Gasteiger partial charge in [-0.25, -0.2) is 9.59 Å². The molecule has 0 aliphatic rings. The summed E-state index contributed by atoms with van der Waals surface area (Å²) in [6.45, 7) is 8.40. The number of esters is 2. The van der Waals surface area contributed by atoms with Crippen molar-refractivity contribution in [2.45, 2.75) is 33.2 Å². The molecule has 0 aliphatic heterocycles. The van der Waals surface area contributed by atoms with E-state index in [9.17, 15) is 9.59 Å². The zero-order chi connectivity index (χ0) is 18.4. The van der Waals surface area contributed by atoms with Crippen molar-refractivity contribution >= 4 is 11.9 Å². The fourth-order valence-electron chi connectivity index (χ4n) is 1.56. The molecule has 0 saturated carbocycles. The third-order valence-electron chi connectivity index (χ3n) is 4.19. The van der Waals surface area contributed by atoms with E-state index >= 15 is 0 Å². The SMILES string of the molecule is COCCOC(=O)c1ccc(C(=O)OCC(C)(C)C(C)(C)N)cc1. The molecule has 134 valence electrons. The van der Waals surface area contributed by atoms with E-state index in [2.05, 4.69) is 0 Å². The molecule has 0 spiro atoms. The summed E-state index contributed by atoms with van der Waals surface area (Å²) in [6.07, 6.45) is 0. The van der Waals surface area contributed by atoms with E-state index in [4.69, 9.17) is 19.9 Å². The quantitative estimate of drug-likeness (QED) is 0.579. The highest BCUT2D eigenvalue weighted by molar-refractivity contribution is 5.93. The van der Waals surface area contributed by atoms with E-state index in [1.165, 1.54) is 31.4 Å². The number of ether oxygens (including phenoxy) is 3. The summed E-state index contributed by atoms with van der Waals surface area (Å²) in [7, 11) is 1.53. The average Bonchev–Trinajstić information content (AvgIpc) is 2.52. The van der Waals surface area contributed by atoms with Crippen molar-refractivity contribution < 1.29 is 23.8 Å². The molecule has 0 unspecified atom stereocenters. The molecule has 6 nitrogen and oxygen atoms in total. The van der Waals surface area contributed by atoms with Crippen LogP contribution in [-0.2, 0) is 14.2 Å². The van der Waals surface area contributed by atoms with Crippen LogP contribution in [0.4, 0.5) is 0 Å². The van der Waals surface area contributed by atoms with Crippen molar-refractivity contribution in [3.05, 3.63) is 35.4 Å². The van der Waals surface area contributed by atoms with Crippen LogP contribution in [0.5, 0.6) is 0 Å². The Morgan fingerprint density at radius 1 is 0.917 bits per heavy atom. The lowest BCUT2D eigenvalue weighted by Gasteiger charge is -2.37. The molecule has 0 bridgehead atoms. The fraction of sp³-hybridized carbons (Fsp3) is 0.556. The number of carbonyl (C=O) groups is 2. The Labute approximate surface area is 143 Å². The van der Waals surface area contributed by atoms with E-state index in [0.29, 0.717) is 17.7 Å². The van der Waals surface area contributed by atoms with Gasteiger partial charge in [0.05, 0.1) is 24.3 Å². The van der Waals surface area contributed by atoms with Crippen LogP contribution in [0.2, 0.25) is 0 Å². The van der Waals surface area contributed by atoms with Gasteiger partial charge in [0.15, 0.2) is 0 Å². The number of hydrogen-bond donors (Lipinski definition) is 1. The van der Waals surface area contributed by atoms with Crippen LogP contribution in [0.15, 0.2) is 24.3 Å². The lowest BCUT2D eigenvalue weighted by molar-refractivity contribution is 0.0208. The zero-order valence-corrected chi connectivity index (χ0v) is 15.0. The van der Waals surface area contributed by atoms with E-state index in [1.807, 2.05) is 27.7 Å². The van der Waals surface area contributed by atoms with Gasteiger partial charge in [-0.15, -0.1) is 0 Å². The topological polar surface area (TPSA) is 87.8 Å². The molecule has 0 fully saturated rings. The van der Waals surface area contributed by atoms with Gasteiger partial charge in [0.2, 0.25) is 0 Å². The Kier molecular flexibility index (Phi) is 6.93. The van der Waals surface area contributed by atoms with Crippen molar-refractivity contribution in [2.75, 3.05) is 26.9 Å². The van der Waals surface area contributed by atoms with Gasteiger partial charge < -0.3 is 19.9 Å². The van der Waals surface area contributed by atoms with Gasteiger partial charge in [-0.1, -0.05) is 13.8 Å². The Morgan fingerprint density at radius 2 is 1.38 bits per heavy atom. The van der Waals surface area contributed by atoms with Crippen LogP contribution in [0.3, 0.4) is 0 Å². The highest BCUT2D eigenvalue weighted by atomic mass is 16.6. The van der Waals surface area contributed by atoms with Gasteiger partial charge in [0.1, 0.15) is 6.61 Å². The summed E-state index contributed by atoms with van der Waals surface area (Å²) in [5.41, 5.74) is 5.98. The van der Waals surface area contributed by atoms with Crippen LogP contribution >= 0.6 is 0 Å². The minimum Gasteiger partial charge on any atom is -0.461 e. The van der Waals surface area contributed by atoms with Crippen molar-refractivity contribution in [1.29, 1.82) is 0 Å². The van der Waals surface area contributed by atoms with Gasteiger partial charge >= 0.3 is 11.9 Å². The van der Waals surface area contributed by atoms with Crippen LogP contribution in [-0.4, -0.2) is 44.4 Å². The number of carbonyl (C=O) groups excluding carboxylic acids is 2. The van der Waals surface area contributed by atoms with Crippen LogP contribution in [0.25, 0.3) is 0 Å². The Bertz CT molecular complexity index is 558. The molecule has 6 heteroatoms. The smallest absolute Gasteiger partial charge is 0.338 e. The van der Waals surface area contributed by atoms with Crippen LogP contribution in [0, 0.1) is 5.41 Å². The van der Waals surface area contributed by atoms with Crippen molar-refractivity contribution in [3.63, 3.8) is 0 Å². The predicted octanol–water partition coefficient (Wildman–Crippen LogP) is 2.41. The Hall–Kier alpha value is -1.92. The first-order chi connectivity index (χ1) is 11.1. The van der Waals surface area contributed by atoms with Crippen molar-refractivity contribution in [2.24, 2.45) is 11.1 Å². The van der Waals surface area contributed by atoms with Gasteiger partial charge in [0.25, 0.3) is 0 Å². The lowest BCUT2D eigenvalue weighted by atomic mass is 9.76.